The molecule has 1 saturated carbocycles. The second-order valence-electron chi connectivity index (χ2n) is 8.51. The SMILES string of the molecule is CC1CC1c1ccc(CCC(=O)NCc2ccc(S(=O)(=O)N3CCCCC3)cc2)o1. The van der Waals surface area contributed by atoms with Gasteiger partial charge in [-0.15, -0.1) is 0 Å². The van der Waals surface area contributed by atoms with Crippen LogP contribution in [-0.4, -0.2) is 31.7 Å². The van der Waals surface area contributed by atoms with E-state index in [1.165, 1.54) is 6.42 Å². The fraction of sp³-hybridized carbons (Fsp3) is 0.522. The fourth-order valence-electron chi connectivity index (χ4n) is 4.01. The van der Waals surface area contributed by atoms with Gasteiger partial charge in [-0.3, -0.25) is 4.79 Å². The second kappa shape index (κ2) is 8.94. The Morgan fingerprint density at radius 1 is 1.10 bits per heavy atom. The van der Waals surface area contributed by atoms with Crippen LogP contribution in [0.5, 0.6) is 0 Å². The number of hydrogen-bond acceptors (Lipinski definition) is 4. The van der Waals surface area contributed by atoms with Gasteiger partial charge in [-0.25, -0.2) is 8.42 Å². The number of amides is 1. The first-order valence-electron chi connectivity index (χ1n) is 10.9. The predicted molar refractivity (Wildman–Crippen MR) is 114 cm³/mol. The van der Waals surface area contributed by atoms with Crippen molar-refractivity contribution in [2.45, 2.75) is 62.8 Å². The number of sulfonamides is 1. The van der Waals surface area contributed by atoms with E-state index in [1.54, 1.807) is 28.6 Å². The molecule has 30 heavy (non-hydrogen) atoms. The molecule has 2 atom stereocenters. The van der Waals surface area contributed by atoms with E-state index in [9.17, 15) is 13.2 Å². The largest absolute Gasteiger partial charge is 0.466 e. The van der Waals surface area contributed by atoms with E-state index in [2.05, 4.69) is 12.2 Å². The molecule has 1 aromatic heterocycles. The van der Waals surface area contributed by atoms with Gasteiger partial charge in [-0.1, -0.05) is 25.5 Å². The lowest BCUT2D eigenvalue weighted by Crippen LogP contribution is -2.35. The first-order chi connectivity index (χ1) is 14.4. The Balaban J connectivity index is 1.24. The fourth-order valence-corrected chi connectivity index (χ4v) is 5.52. The highest BCUT2D eigenvalue weighted by molar-refractivity contribution is 7.89. The summed E-state index contributed by atoms with van der Waals surface area (Å²) in [6, 6.07) is 10.8. The monoisotopic (exact) mass is 430 g/mol. The molecule has 1 amide bonds. The first-order valence-corrected chi connectivity index (χ1v) is 12.3. The number of carbonyl (C=O) groups is 1. The van der Waals surface area contributed by atoms with Gasteiger partial charge in [-0.05, 0) is 55.0 Å². The number of furan rings is 1. The van der Waals surface area contributed by atoms with E-state index in [-0.39, 0.29) is 5.91 Å². The van der Waals surface area contributed by atoms with Crippen LogP contribution in [0.1, 0.15) is 62.0 Å². The van der Waals surface area contributed by atoms with Crippen LogP contribution in [0.25, 0.3) is 0 Å². The van der Waals surface area contributed by atoms with Gasteiger partial charge >= 0.3 is 0 Å². The molecule has 1 aromatic carbocycles. The summed E-state index contributed by atoms with van der Waals surface area (Å²) >= 11 is 0. The van der Waals surface area contributed by atoms with Crippen LogP contribution in [0.15, 0.2) is 45.7 Å². The van der Waals surface area contributed by atoms with E-state index < -0.39 is 10.0 Å². The number of nitrogens with zero attached hydrogens (tertiary/aromatic N) is 1. The summed E-state index contributed by atoms with van der Waals surface area (Å²) in [5.74, 6) is 3.10. The van der Waals surface area contributed by atoms with E-state index in [0.717, 1.165) is 36.3 Å². The van der Waals surface area contributed by atoms with Crippen LogP contribution in [0.4, 0.5) is 0 Å². The molecule has 2 heterocycles. The number of hydrogen-bond donors (Lipinski definition) is 1. The van der Waals surface area contributed by atoms with Crippen molar-refractivity contribution in [3.63, 3.8) is 0 Å². The third kappa shape index (κ3) is 4.95. The normalized spacial score (nSPS) is 22.0. The first kappa shape index (κ1) is 21.1. The van der Waals surface area contributed by atoms with Crippen LogP contribution in [0.2, 0.25) is 0 Å². The third-order valence-electron chi connectivity index (χ3n) is 6.12. The Labute approximate surface area is 178 Å². The molecule has 2 aromatic rings. The van der Waals surface area contributed by atoms with Gasteiger partial charge in [0.05, 0.1) is 4.90 Å². The van der Waals surface area contributed by atoms with Gasteiger partial charge in [0.15, 0.2) is 0 Å². The highest BCUT2D eigenvalue weighted by Gasteiger charge is 2.36. The van der Waals surface area contributed by atoms with Crippen LogP contribution >= 0.6 is 0 Å². The Bertz CT molecular complexity index is 975. The van der Waals surface area contributed by atoms with Crippen molar-refractivity contribution in [1.82, 2.24) is 9.62 Å². The average molecular weight is 431 g/mol. The highest BCUT2D eigenvalue weighted by Crippen LogP contribution is 2.47. The molecule has 0 spiro atoms. The highest BCUT2D eigenvalue weighted by atomic mass is 32.2. The predicted octanol–water partition coefficient (Wildman–Crippen LogP) is 3.83. The quantitative estimate of drug-likeness (QED) is 0.690. The molecule has 1 aliphatic heterocycles. The molecule has 6 nitrogen and oxygen atoms in total. The Morgan fingerprint density at radius 2 is 1.80 bits per heavy atom. The van der Waals surface area contributed by atoms with Crippen molar-refractivity contribution in [3.8, 4) is 0 Å². The van der Waals surface area contributed by atoms with Crippen molar-refractivity contribution >= 4 is 15.9 Å². The van der Waals surface area contributed by atoms with Crippen LogP contribution in [-0.2, 0) is 27.8 Å². The van der Waals surface area contributed by atoms with Gasteiger partial charge < -0.3 is 9.73 Å². The molecule has 4 rings (SSSR count). The Kier molecular flexibility index (Phi) is 6.29. The molecule has 7 heteroatoms. The minimum absolute atomic E-state index is 0.0437. The standard InChI is InChI=1S/C23H30N2O4S/c1-17-15-21(17)22-11-7-19(29-22)8-12-23(26)24-16-18-5-9-20(10-6-18)30(27,28)25-13-3-2-4-14-25/h5-7,9-11,17,21H,2-4,8,12-16H2,1H3,(H,24,26). The zero-order valence-electron chi connectivity index (χ0n) is 17.5. The van der Waals surface area contributed by atoms with Crippen molar-refractivity contribution in [1.29, 1.82) is 0 Å². The van der Waals surface area contributed by atoms with E-state index >= 15 is 0 Å². The molecule has 1 N–H and O–H groups in total. The Hall–Kier alpha value is -2.12. The number of carbonyl (C=O) groups excluding carboxylic acids is 1. The zero-order valence-corrected chi connectivity index (χ0v) is 18.3. The number of piperidine rings is 1. The van der Waals surface area contributed by atoms with Gasteiger partial charge in [0, 0.05) is 38.4 Å². The summed E-state index contributed by atoms with van der Waals surface area (Å²) in [5, 5.41) is 2.90. The molecule has 0 radical (unpaired) electrons. The average Bonchev–Trinajstić information content (AvgIpc) is 3.31. The summed E-state index contributed by atoms with van der Waals surface area (Å²) in [6.07, 6.45) is 5.07. The molecule has 162 valence electrons. The number of aryl methyl sites for hydroxylation is 1. The zero-order chi connectivity index (χ0) is 21.1. The number of benzene rings is 1. The topological polar surface area (TPSA) is 79.6 Å². The van der Waals surface area contributed by atoms with Crippen molar-refractivity contribution in [2.24, 2.45) is 5.92 Å². The number of nitrogens with one attached hydrogen (secondary N) is 1. The summed E-state index contributed by atoms with van der Waals surface area (Å²) in [4.78, 5) is 12.5. The maximum atomic E-state index is 12.7. The summed E-state index contributed by atoms with van der Waals surface area (Å²) in [5.41, 5.74) is 0.879. The van der Waals surface area contributed by atoms with Crippen molar-refractivity contribution in [2.75, 3.05) is 13.1 Å². The van der Waals surface area contributed by atoms with Crippen LogP contribution in [0.3, 0.4) is 0 Å². The van der Waals surface area contributed by atoms with Gasteiger partial charge in [0.1, 0.15) is 11.5 Å². The van der Waals surface area contributed by atoms with Gasteiger partial charge in [0.25, 0.3) is 0 Å². The van der Waals surface area contributed by atoms with E-state index in [0.29, 0.717) is 49.2 Å². The molecular formula is C23H30N2O4S. The summed E-state index contributed by atoms with van der Waals surface area (Å²) < 4.78 is 32.8. The second-order valence-corrected chi connectivity index (χ2v) is 10.4. The van der Waals surface area contributed by atoms with Crippen molar-refractivity contribution < 1.29 is 17.6 Å². The van der Waals surface area contributed by atoms with Gasteiger partial charge in [0.2, 0.25) is 15.9 Å². The van der Waals surface area contributed by atoms with Crippen LogP contribution < -0.4 is 5.32 Å². The summed E-state index contributed by atoms with van der Waals surface area (Å²) in [7, 11) is -3.42. The van der Waals surface area contributed by atoms with Crippen LogP contribution in [0, 0.1) is 5.92 Å². The lowest BCUT2D eigenvalue weighted by molar-refractivity contribution is -0.121. The Morgan fingerprint density at radius 3 is 2.47 bits per heavy atom. The lowest BCUT2D eigenvalue weighted by Gasteiger charge is -2.25. The molecule has 2 unspecified atom stereocenters. The maximum absolute atomic E-state index is 12.7. The number of rotatable bonds is 8. The molecule has 1 saturated heterocycles. The summed E-state index contributed by atoms with van der Waals surface area (Å²) in [6.45, 7) is 3.79. The van der Waals surface area contributed by atoms with E-state index in [4.69, 9.17) is 4.42 Å². The van der Waals surface area contributed by atoms with E-state index in [1.807, 2.05) is 12.1 Å². The minimum atomic E-state index is -3.42. The lowest BCUT2D eigenvalue weighted by atomic mass is 10.2. The van der Waals surface area contributed by atoms with Gasteiger partial charge in [-0.2, -0.15) is 4.31 Å². The third-order valence-corrected chi connectivity index (χ3v) is 8.03. The molecule has 0 bridgehead atoms. The van der Waals surface area contributed by atoms with Crippen molar-refractivity contribution in [3.05, 3.63) is 53.5 Å². The minimum Gasteiger partial charge on any atom is -0.466 e. The molecule has 1 aliphatic carbocycles. The molecule has 2 fully saturated rings. The smallest absolute Gasteiger partial charge is 0.243 e. The molecule has 2 aliphatic rings. The maximum Gasteiger partial charge on any atom is 0.243 e. The molecular weight excluding hydrogens is 400 g/mol.